The molecule has 21 heavy (non-hydrogen) atoms. The fraction of sp³-hybridized carbons (Fsp3) is 0.692. The van der Waals surface area contributed by atoms with Crippen LogP contribution in [0.1, 0.15) is 35.9 Å². The van der Waals surface area contributed by atoms with Gasteiger partial charge in [0.2, 0.25) is 0 Å². The van der Waals surface area contributed by atoms with Crippen LogP contribution >= 0.6 is 11.3 Å². The number of nitrogens with zero attached hydrogens (tertiary/aromatic N) is 2. The summed E-state index contributed by atoms with van der Waals surface area (Å²) in [5, 5.41) is 3.73. The summed E-state index contributed by atoms with van der Waals surface area (Å²) < 4.78 is 11.3. The molecular formula is C13H22N4O2S2. The molecule has 3 N–H and O–H groups in total. The number of thiazole rings is 1. The summed E-state index contributed by atoms with van der Waals surface area (Å²) in [5.41, 5.74) is 5.85. The molecule has 1 aliphatic heterocycles. The molecule has 2 heterocycles. The Kier molecular flexibility index (Phi) is 5.58. The Balaban J connectivity index is 1.91. The second-order valence-electron chi connectivity index (χ2n) is 5.26. The zero-order chi connectivity index (χ0) is 15.4. The summed E-state index contributed by atoms with van der Waals surface area (Å²) in [6, 6.07) is 0. The van der Waals surface area contributed by atoms with Crippen molar-refractivity contribution in [2.75, 3.05) is 36.5 Å². The predicted molar refractivity (Wildman–Crippen MR) is 88.5 cm³/mol. The minimum atomic E-state index is -0.864. The average molecular weight is 330 g/mol. The maximum atomic E-state index is 12.1. The first-order valence-corrected chi connectivity index (χ1v) is 9.54. The van der Waals surface area contributed by atoms with Gasteiger partial charge < -0.3 is 16.0 Å². The topological polar surface area (TPSA) is 88.3 Å². The van der Waals surface area contributed by atoms with Crippen LogP contribution in [-0.4, -0.2) is 46.2 Å². The van der Waals surface area contributed by atoms with E-state index in [2.05, 4.69) is 15.2 Å². The molecule has 6 nitrogen and oxygen atoms in total. The van der Waals surface area contributed by atoms with E-state index in [0.717, 1.165) is 31.1 Å². The van der Waals surface area contributed by atoms with Gasteiger partial charge in [-0.3, -0.25) is 9.00 Å². The molecule has 0 bridgehead atoms. The molecule has 8 heteroatoms. The second kappa shape index (κ2) is 7.22. The van der Waals surface area contributed by atoms with Crippen LogP contribution in [-0.2, 0) is 10.8 Å². The van der Waals surface area contributed by atoms with Crippen molar-refractivity contribution in [3.05, 3.63) is 4.88 Å². The number of nitrogens with one attached hydrogen (secondary N) is 1. The Bertz CT molecular complexity index is 526. The monoisotopic (exact) mass is 330 g/mol. The molecule has 0 aromatic carbocycles. The van der Waals surface area contributed by atoms with Crippen LogP contribution in [0.25, 0.3) is 0 Å². The number of rotatable bonds is 6. The molecule has 1 fully saturated rings. The van der Waals surface area contributed by atoms with Gasteiger partial charge >= 0.3 is 0 Å². The lowest BCUT2D eigenvalue weighted by Gasteiger charge is -2.12. The number of nitrogen functional groups attached to an aromatic ring is 1. The highest BCUT2D eigenvalue weighted by Gasteiger charge is 2.21. The van der Waals surface area contributed by atoms with Crippen molar-refractivity contribution in [3.8, 4) is 0 Å². The smallest absolute Gasteiger partial charge is 0.265 e. The van der Waals surface area contributed by atoms with Crippen LogP contribution in [0.5, 0.6) is 0 Å². The first-order valence-electron chi connectivity index (χ1n) is 7.10. The van der Waals surface area contributed by atoms with E-state index >= 15 is 0 Å². The minimum absolute atomic E-state index is 0.0734. The number of carbonyl (C=O) groups is 1. The second-order valence-corrected chi connectivity index (χ2v) is 8.04. The first-order chi connectivity index (χ1) is 9.99. The molecule has 0 aliphatic carbocycles. The van der Waals surface area contributed by atoms with Crippen molar-refractivity contribution in [2.24, 2.45) is 0 Å². The molecule has 1 aliphatic rings. The molecule has 0 saturated carbocycles. The van der Waals surface area contributed by atoms with Crippen LogP contribution in [0.2, 0.25) is 0 Å². The van der Waals surface area contributed by atoms with Gasteiger partial charge in [0.05, 0.1) is 0 Å². The van der Waals surface area contributed by atoms with E-state index in [1.54, 1.807) is 6.26 Å². The van der Waals surface area contributed by atoms with Gasteiger partial charge in [0.15, 0.2) is 5.13 Å². The predicted octanol–water partition coefficient (Wildman–Crippen LogP) is 1.21. The first kappa shape index (κ1) is 16.2. The van der Waals surface area contributed by atoms with Gasteiger partial charge in [0.25, 0.3) is 5.91 Å². The van der Waals surface area contributed by atoms with E-state index in [9.17, 15) is 9.00 Å². The number of anilines is 2. The molecule has 0 spiro atoms. The highest BCUT2D eigenvalue weighted by molar-refractivity contribution is 7.84. The number of nitrogens with two attached hydrogens (primary N) is 1. The van der Waals surface area contributed by atoms with Crippen molar-refractivity contribution >= 4 is 39.0 Å². The van der Waals surface area contributed by atoms with Crippen LogP contribution in [0.3, 0.4) is 0 Å². The normalized spacial score (nSPS) is 17.7. The van der Waals surface area contributed by atoms with Gasteiger partial charge in [-0.25, -0.2) is 4.98 Å². The summed E-state index contributed by atoms with van der Waals surface area (Å²) in [7, 11) is -0.864. The van der Waals surface area contributed by atoms with E-state index in [0.29, 0.717) is 23.7 Å². The lowest BCUT2D eigenvalue weighted by molar-refractivity contribution is 0.0958. The third-order valence-corrected chi connectivity index (χ3v) is 6.13. The van der Waals surface area contributed by atoms with Crippen LogP contribution in [0, 0.1) is 0 Å². The van der Waals surface area contributed by atoms with Gasteiger partial charge in [0.1, 0.15) is 10.7 Å². The van der Waals surface area contributed by atoms with Crippen molar-refractivity contribution in [3.63, 3.8) is 0 Å². The summed E-state index contributed by atoms with van der Waals surface area (Å²) in [4.78, 5) is 19.1. The highest BCUT2D eigenvalue weighted by atomic mass is 32.2. The van der Waals surface area contributed by atoms with Crippen molar-refractivity contribution in [1.29, 1.82) is 0 Å². The minimum Gasteiger partial charge on any atom is -0.382 e. The third-order valence-electron chi connectivity index (χ3n) is 3.63. The van der Waals surface area contributed by atoms with Gasteiger partial charge in [-0.15, -0.1) is 0 Å². The Hall–Kier alpha value is -1.15. The lowest BCUT2D eigenvalue weighted by Crippen LogP contribution is -2.27. The maximum Gasteiger partial charge on any atom is 0.265 e. The fourth-order valence-corrected chi connectivity index (χ4v) is 3.56. The number of hydrogen-bond acceptors (Lipinski definition) is 6. The number of aromatic nitrogens is 1. The number of amides is 1. The van der Waals surface area contributed by atoms with E-state index in [1.807, 2.05) is 6.92 Å². The van der Waals surface area contributed by atoms with Crippen molar-refractivity contribution < 1.29 is 9.00 Å². The molecule has 1 amide bonds. The molecule has 1 aromatic heterocycles. The number of carbonyl (C=O) groups excluding carboxylic acids is 1. The van der Waals surface area contributed by atoms with Crippen LogP contribution in [0.4, 0.5) is 10.9 Å². The van der Waals surface area contributed by atoms with Crippen molar-refractivity contribution in [2.45, 2.75) is 31.4 Å². The molecule has 0 radical (unpaired) electrons. The van der Waals surface area contributed by atoms with Gasteiger partial charge in [-0.1, -0.05) is 18.3 Å². The Morgan fingerprint density at radius 2 is 2.19 bits per heavy atom. The summed E-state index contributed by atoms with van der Waals surface area (Å²) in [6.07, 6.45) is 4.68. The standard InChI is InChI=1S/C13H22N4O2S2/c1-9(21(2)19)5-6-15-12(18)10-11(14)16-13(20-10)17-7-3-4-8-17/h9H,3-8,14H2,1-2H3,(H,15,18). The third kappa shape index (κ3) is 4.16. The van der Waals surface area contributed by atoms with Gasteiger partial charge in [-0.2, -0.15) is 0 Å². The maximum absolute atomic E-state index is 12.1. The Morgan fingerprint density at radius 1 is 1.52 bits per heavy atom. The Morgan fingerprint density at radius 3 is 2.81 bits per heavy atom. The fourth-order valence-electron chi connectivity index (χ4n) is 2.16. The van der Waals surface area contributed by atoms with Gasteiger partial charge in [-0.05, 0) is 19.3 Å². The molecule has 2 rings (SSSR count). The van der Waals surface area contributed by atoms with Gasteiger partial charge in [0, 0.05) is 41.9 Å². The molecule has 1 aromatic rings. The highest BCUT2D eigenvalue weighted by Crippen LogP contribution is 2.30. The Labute approximate surface area is 131 Å². The zero-order valence-electron chi connectivity index (χ0n) is 12.4. The quantitative estimate of drug-likeness (QED) is 0.818. The van der Waals surface area contributed by atoms with E-state index in [4.69, 9.17) is 5.73 Å². The molecule has 118 valence electrons. The SMILES string of the molecule is CC(CCNC(=O)c1sc(N2CCCC2)nc1N)S(C)=O. The zero-order valence-corrected chi connectivity index (χ0v) is 14.1. The average Bonchev–Trinajstić information content (AvgIpc) is 3.07. The van der Waals surface area contributed by atoms with E-state index in [1.165, 1.54) is 11.3 Å². The summed E-state index contributed by atoms with van der Waals surface area (Å²) in [6.45, 7) is 4.37. The summed E-state index contributed by atoms with van der Waals surface area (Å²) >= 11 is 1.35. The molecular weight excluding hydrogens is 308 g/mol. The molecule has 1 saturated heterocycles. The van der Waals surface area contributed by atoms with Crippen LogP contribution in [0.15, 0.2) is 0 Å². The van der Waals surface area contributed by atoms with E-state index in [-0.39, 0.29) is 11.2 Å². The molecule has 2 atom stereocenters. The molecule has 2 unspecified atom stereocenters. The van der Waals surface area contributed by atoms with Crippen LogP contribution < -0.4 is 16.0 Å². The lowest BCUT2D eigenvalue weighted by atomic mass is 10.3. The van der Waals surface area contributed by atoms with E-state index < -0.39 is 10.8 Å². The largest absolute Gasteiger partial charge is 0.382 e. The van der Waals surface area contributed by atoms with Crippen molar-refractivity contribution in [1.82, 2.24) is 10.3 Å². The number of hydrogen-bond donors (Lipinski definition) is 2. The summed E-state index contributed by atoms with van der Waals surface area (Å²) in [5.74, 6) is 0.107.